The van der Waals surface area contributed by atoms with Gasteiger partial charge in [0.15, 0.2) is 0 Å². The van der Waals surface area contributed by atoms with E-state index in [0.717, 1.165) is 11.2 Å². The molecule has 0 unspecified atom stereocenters. The van der Waals surface area contributed by atoms with Crippen molar-refractivity contribution in [2.24, 2.45) is 0 Å². The first-order valence-corrected chi connectivity index (χ1v) is 6.51. The van der Waals surface area contributed by atoms with Crippen molar-refractivity contribution in [1.82, 2.24) is 9.97 Å². The summed E-state index contributed by atoms with van der Waals surface area (Å²) in [6.07, 6.45) is 3.90. The second-order valence-corrected chi connectivity index (χ2v) is 5.28. The molecule has 3 aromatic rings. The van der Waals surface area contributed by atoms with E-state index in [0.29, 0.717) is 0 Å². The van der Waals surface area contributed by atoms with E-state index in [-0.39, 0.29) is 0 Å². The van der Waals surface area contributed by atoms with E-state index in [1.807, 2.05) is 12.4 Å². The maximum Gasteiger partial charge on any atom is 0.138 e. The zero-order chi connectivity index (χ0) is 11.8. The van der Waals surface area contributed by atoms with Gasteiger partial charge in [0.25, 0.3) is 0 Å². The molecule has 17 heavy (non-hydrogen) atoms. The summed E-state index contributed by atoms with van der Waals surface area (Å²) in [4.78, 5) is 7.60. The number of nitrogens with zero attached hydrogens (tertiary/aromatic N) is 1. The maximum absolute atomic E-state index is 4.44. The molecule has 0 radical (unpaired) electrons. The minimum absolute atomic E-state index is 0.949. The van der Waals surface area contributed by atoms with Crippen molar-refractivity contribution in [3.63, 3.8) is 0 Å². The van der Waals surface area contributed by atoms with Gasteiger partial charge in [0.1, 0.15) is 5.65 Å². The van der Waals surface area contributed by atoms with Crippen molar-refractivity contribution >= 4 is 33.6 Å². The first-order valence-electron chi connectivity index (χ1n) is 5.44. The van der Waals surface area contributed by atoms with Gasteiger partial charge in [-0.05, 0) is 41.1 Å². The molecular weight excluding hydrogens is 323 g/mol. The molecule has 2 heterocycles. The molecular formula is C14H11IN2. The van der Waals surface area contributed by atoms with Crippen LogP contribution in [0.3, 0.4) is 0 Å². The van der Waals surface area contributed by atoms with Gasteiger partial charge in [-0.1, -0.05) is 29.8 Å². The van der Waals surface area contributed by atoms with E-state index in [1.165, 1.54) is 20.1 Å². The van der Waals surface area contributed by atoms with Crippen molar-refractivity contribution in [3.05, 3.63) is 51.9 Å². The fraction of sp³-hybridized carbons (Fsp3) is 0.0714. The van der Waals surface area contributed by atoms with Gasteiger partial charge >= 0.3 is 0 Å². The average molecular weight is 334 g/mol. The summed E-state index contributed by atoms with van der Waals surface area (Å²) in [5.74, 6) is 0. The van der Waals surface area contributed by atoms with Gasteiger partial charge in [-0.25, -0.2) is 4.98 Å². The number of nitrogens with one attached hydrogen (secondary N) is 1. The highest BCUT2D eigenvalue weighted by Gasteiger charge is 2.04. The number of aromatic amines is 1. The van der Waals surface area contributed by atoms with Crippen LogP contribution in [0, 0.1) is 10.5 Å². The maximum atomic E-state index is 4.44. The van der Waals surface area contributed by atoms with Crippen molar-refractivity contribution < 1.29 is 0 Å². The number of hydrogen-bond acceptors (Lipinski definition) is 1. The van der Waals surface area contributed by atoms with E-state index < -0.39 is 0 Å². The Balaban J connectivity index is 2.17. The summed E-state index contributed by atoms with van der Waals surface area (Å²) in [5.41, 5.74) is 4.60. The third-order valence-electron chi connectivity index (χ3n) is 2.87. The summed E-state index contributed by atoms with van der Waals surface area (Å²) in [6, 6.07) is 10.7. The quantitative estimate of drug-likeness (QED) is 0.666. The van der Waals surface area contributed by atoms with Gasteiger partial charge in [0.05, 0.1) is 0 Å². The first-order chi connectivity index (χ1) is 8.24. The molecule has 0 fully saturated rings. The molecule has 0 aliphatic heterocycles. The molecule has 1 N–H and O–H groups in total. The molecule has 2 aromatic heterocycles. The molecule has 3 rings (SSSR count). The zero-order valence-corrected chi connectivity index (χ0v) is 11.5. The van der Waals surface area contributed by atoms with Gasteiger partial charge < -0.3 is 4.98 Å². The lowest BCUT2D eigenvalue weighted by molar-refractivity contribution is 1.32. The Kier molecular flexibility index (Phi) is 2.63. The minimum Gasteiger partial charge on any atom is -0.345 e. The number of hydrogen-bond donors (Lipinski definition) is 1. The Hall–Kier alpha value is -1.36. The highest BCUT2D eigenvalue weighted by molar-refractivity contribution is 14.1. The van der Waals surface area contributed by atoms with Crippen LogP contribution >= 0.6 is 22.6 Å². The van der Waals surface area contributed by atoms with E-state index in [4.69, 9.17) is 0 Å². The number of rotatable bonds is 1. The molecule has 0 spiro atoms. The van der Waals surface area contributed by atoms with E-state index in [9.17, 15) is 0 Å². The Bertz CT molecular complexity index is 668. The second kappa shape index (κ2) is 4.14. The van der Waals surface area contributed by atoms with Crippen LogP contribution in [-0.4, -0.2) is 9.97 Å². The molecule has 0 atom stereocenters. The number of H-pyrrole nitrogens is 1. The lowest BCUT2D eigenvalue weighted by Gasteiger charge is -2.02. The van der Waals surface area contributed by atoms with Gasteiger partial charge in [-0.3, -0.25) is 0 Å². The van der Waals surface area contributed by atoms with Gasteiger partial charge in [-0.2, -0.15) is 0 Å². The third-order valence-corrected chi connectivity index (χ3v) is 3.76. The van der Waals surface area contributed by atoms with E-state index in [2.05, 4.69) is 69.8 Å². The molecule has 0 bridgehead atoms. The smallest absolute Gasteiger partial charge is 0.138 e. The van der Waals surface area contributed by atoms with Crippen LogP contribution in [-0.2, 0) is 0 Å². The predicted molar refractivity (Wildman–Crippen MR) is 79.0 cm³/mol. The Morgan fingerprint density at radius 2 is 1.88 bits per heavy atom. The van der Waals surface area contributed by atoms with E-state index >= 15 is 0 Å². The van der Waals surface area contributed by atoms with Crippen molar-refractivity contribution in [2.75, 3.05) is 0 Å². The molecule has 3 heteroatoms. The topological polar surface area (TPSA) is 28.7 Å². The van der Waals surface area contributed by atoms with Crippen LogP contribution in [0.1, 0.15) is 5.56 Å². The Labute approximate surface area is 113 Å². The standard InChI is InChI=1S/C14H11IN2/c1-9-2-4-10(5-3-9)11-6-12-13(15)8-17-14(12)16-7-11/h2-8H,1H3,(H,16,17). The Morgan fingerprint density at radius 1 is 1.12 bits per heavy atom. The molecule has 0 saturated carbocycles. The average Bonchev–Trinajstić information content (AvgIpc) is 2.72. The van der Waals surface area contributed by atoms with Crippen LogP contribution in [0.5, 0.6) is 0 Å². The van der Waals surface area contributed by atoms with Crippen LogP contribution in [0.25, 0.3) is 22.2 Å². The van der Waals surface area contributed by atoms with Gasteiger partial charge in [0.2, 0.25) is 0 Å². The van der Waals surface area contributed by atoms with Crippen LogP contribution < -0.4 is 0 Å². The van der Waals surface area contributed by atoms with Crippen molar-refractivity contribution in [1.29, 1.82) is 0 Å². The van der Waals surface area contributed by atoms with Gasteiger partial charge in [-0.15, -0.1) is 0 Å². The Morgan fingerprint density at radius 3 is 2.65 bits per heavy atom. The van der Waals surface area contributed by atoms with Crippen LogP contribution in [0.2, 0.25) is 0 Å². The fourth-order valence-electron chi connectivity index (χ4n) is 1.88. The van der Waals surface area contributed by atoms with E-state index in [1.54, 1.807) is 0 Å². The fourth-order valence-corrected chi connectivity index (χ4v) is 2.44. The molecule has 1 aromatic carbocycles. The molecule has 0 aliphatic rings. The van der Waals surface area contributed by atoms with Crippen LogP contribution in [0.15, 0.2) is 42.7 Å². The SMILES string of the molecule is Cc1ccc(-c2cnc3[nH]cc(I)c3c2)cc1. The number of fused-ring (bicyclic) bond motifs is 1. The number of aromatic nitrogens is 2. The number of halogens is 1. The van der Waals surface area contributed by atoms with Crippen LogP contribution in [0.4, 0.5) is 0 Å². The largest absolute Gasteiger partial charge is 0.345 e. The molecule has 0 aliphatic carbocycles. The highest BCUT2D eigenvalue weighted by atomic mass is 127. The molecule has 2 nitrogen and oxygen atoms in total. The summed E-state index contributed by atoms with van der Waals surface area (Å²) in [5, 5.41) is 1.18. The van der Waals surface area contributed by atoms with Gasteiger partial charge in [0, 0.05) is 26.9 Å². The first kappa shape index (κ1) is 10.8. The lowest BCUT2D eigenvalue weighted by Crippen LogP contribution is -1.82. The second-order valence-electron chi connectivity index (χ2n) is 4.12. The zero-order valence-electron chi connectivity index (χ0n) is 9.37. The number of benzene rings is 1. The molecule has 0 amide bonds. The summed E-state index contributed by atoms with van der Waals surface area (Å²) in [6.45, 7) is 2.10. The lowest BCUT2D eigenvalue weighted by atomic mass is 10.1. The summed E-state index contributed by atoms with van der Waals surface area (Å²) in [7, 11) is 0. The summed E-state index contributed by atoms with van der Waals surface area (Å²) >= 11 is 2.32. The molecule has 84 valence electrons. The summed E-state index contributed by atoms with van der Waals surface area (Å²) < 4.78 is 1.21. The highest BCUT2D eigenvalue weighted by Crippen LogP contribution is 2.25. The number of aryl methyl sites for hydroxylation is 1. The normalized spacial score (nSPS) is 10.9. The minimum atomic E-state index is 0.949. The monoisotopic (exact) mass is 334 g/mol. The molecule has 0 saturated heterocycles. The third kappa shape index (κ3) is 1.95. The van der Waals surface area contributed by atoms with Crippen molar-refractivity contribution in [3.8, 4) is 11.1 Å². The predicted octanol–water partition coefficient (Wildman–Crippen LogP) is 4.14. The number of pyridine rings is 1. The van der Waals surface area contributed by atoms with Crippen molar-refractivity contribution in [2.45, 2.75) is 6.92 Å².